The van der Waals surface area contributed by atoms with Gasteiger partial charge in [0.05, 0.1) is 0 Å². The number of nitrogens with one attached hydrogen (secondary N) is 1. The lowest BCUT2D eigenvalue weighted by Crippen LogP contribution is -2.35. The summed E-state index contributed by atoms with van der Waals surface area (Å²) in [5, 5.41) is 11.2. The molecule has 3 rings (SSSR count). The van der Waals surface area contributed by atoms with Crippen molar-refractivity contribution in [1.82, 2.24) is 24.8 Å². The first-order valence-corrected chi connectivity index (χ1v) is 9.07. The number of hydrogen-bond acceptors (Lipinski definition) is 4. The van der Waals surface area contributed by atoms with Crippen LogP contribution in [0.15, 0.2) is 24.4 Å². The molecule has 2 aromatic heterocycles. The SMILES string of the molecule is O=C(CCN1CCCCCC1=O)NCCCc1nnc2ccccn12. The van der Waals surface area contributed by atoms with Crippen molar-refractivity contribution in [2.75, 3.05) is 19.6 Å². The van der Waals surface area contributed by atoms with Gasteiger partial charge in [0.15, 0.2) is 5.65 Å². The highest BCUT2D eigenvalue weighted by molar-refractivity contribution is 5.79. The van der Waals surface area contributed by atoms with Gasteiger partial charge in [-0.3, -0.25) is 14.0 Å². The molecule has 7 nitrogen and oxygen atoms in total. The molecule has 2 amide bonds. The normalized spacial score (nSPS) is 15.4. The van der Waals surface area contributed by atoms with Gasteiger partial charge in [0.25, 0.3) is 0 Å². The van der Waals surface area contributed by atoms with Crippen molar-refractivity contribution >= 4 is 17.5 Å². The molecule has 0 spiro atoms. The summed E-state index contributed by atoms with van der Waals surface area (Å²) in [6, 6.07) is 5.80. The minimum atomic E-state index is 0.00292. The van der Waals surface area contributed by atoms with Gasteiger partial charge < -0.3 is 10.2 Å². The predicted octanol–water partition coefficient (Wildman–Crippen LogP) is 1.57. The van der Waals surface area contributed by atoms with Crippen LogP contribution in [0.1, 0.15) is 44.3 Å². The Kier molecular flexibility index (Phi) is 5.98. The van der Waals surface area contributed by atoms with E-state index in [1.807, 2.05) is 33.7 Å². The molecule has 1 fully saturated rings. The van der Waals surface area contributed by atoms with E-state index in [0.717, 1.165) is 50.1 Å². The number of fused-ring (bicyclic) bond motifs is 1. The van der Waals surface area contributed by atoms with Crippen LogP contribution in [0, 0.1) is 0 Å². The molecule has 0 unspecified atom stereocenters. The van der Waals surface area contributed by atoms with E-state index in [9.17, 15) is 9.59 Å². The van der Waals surface area contributed by atoms with Crippen LogP contribution in [0.2, 0.25) is 0 Å². The van der Waals surface area contributed by atoms with Gasteiger partial charge in [0.1, 0.15) is 5.82 Å². The van der Waals surface area contributed by atoms with E-state index in [0.29, 0.717) is 25.9 Å². The van der Waals surface area contributed by atoms with E-state index in [4.69, 9.17) is 0 Å². The van der Waals surface area contributed by atoms with Crippen LogP contribution < -0.4 is 5.32 Å². The lowest BCUT2D eigenvalue weighted by atomic mass is 10.2. The molecule has 0 saturated carbocycles. The van der Waals surface area contributed by atoms with E-state index >= 15 is 0 Å². The van der Waals surface area contributed by atoms with E-state index in [-0.39, 0.29) is 11.8 Å². The molecule has 0 bridgehead atoms. The summed E-state index contributed by atoms with van der Waals surface area (Å²) in [7, 11) is 0. The topological polar surface area (TPSA) is 79.6 Å². The Labute approximate surface area is 147 Å². The van der Waals surface area contributed by atoms with Gasteiger partial charge in [-0.15, -0.1) is 10.2 Å². The molecule has 1 N–H and O–H groups in total. The molecule has 2 aromatic rings. The zero-order valence-electron chi connectivity index (χ0n) is 14.5. The maximum atomic E-state index is 12.0. The molecule has 1 aliphatic heterocycles. The molecule has 1 saturated heterocycles. The Bertz CT molecular complexity index is 727. The molecular weight excluding hydrogens is 318 g/mol. The van der Waals surface area contributed by atoms with Crippen molar-refractivity contribution in [3.05, 3.63) is 30.2 Å². The zero-order valence-corrected chi connectivity index (χ0v) is 14.5. The smallest absolute Gasteiger partial charge is 0.222 e. The number of likely N-dealkylation sites (tertiary alicyclic amines) is 1. The highest BCUT2D eigenvalue weighted by atomic mass is 16.2. The number of pyridine rings is 1. The van der Waals surface area contributed by atoms with Crippen molar-refractivity contribution in [1.29, 1.82) is 0 Å². The van der Waals surface area contributed by atoms with E-state index in [1.165, 1.54) is 0 Å². The van der Waals surface area contributed by atoms with Crippen LogP contribution in [0.4, 0.5) is 0 Å². The van der Waals surface area contributed by atoms with Crippen molar-refractivity contribution in [3.63, 3.8) is 0 Å². The molecule has 3 heterocycles. The van der Waals surface area contributed by atoms with Gasteiger partial charge >= 0.3 is 0 Å². The Morgan fingerprint density at radius 1 is 1.20 bits per heavy atom. The summed E-state index contributed by atoms with van der Waals surface area (Å²) in [6.45, 7) is 1.92. The van der Waals surface area contributed by atoms with Crippen LogP contribution in [0.3, 0.4) is 0 Å². The standard InChI is InChI=1S/C18H25N5O2/c24-17(10-14-22-12-4-1-2-9-18(22)25)19-11-6-8-16-21-20-15-7-3-5-13-23(15)16/h3,5,7,13H,1-2,4,6,8-12,14H2,(H,19,24). The van der Waals surface area contributed by atoms with Gasteiger partial charge in [0.2, 0.25) is 11.8 Å². The molecule has 0 radical (unpaired) electrons. The van der Waals surface area contributed by atoms with Crippen LogP contribution >= 0.6 is 0 Å². The van der Waals surface area contributed by atoms with Crippen LogP contribution in [0.5, 0.6) is 0 Å². The fraction of sp³-hybridized carbons (Fsp3) is 0.556. The maximum Gasteiger partial charge on any atom is 0.222 e. The highest BCUT2D eigenvalue weighted by Gasteiger charge is 2.17. The second-order valence-corrected chi connectivity index (χ2v) is 6.44. The average molecular weight is 343 g/mol. The number of carbonyl (C=O) groups is 2. The third kappa shape index (κ3) is 4.78. The Hall–Kier alpha value is -2.44. The van der Waals surface area contributed by atoms with E-state index in [1.54, 1.807) is 0 Å². The van der Waals surface area contributed by atoms with E-state index in [2.05, 4.69) is 15.5 Å². The number of hydrogen-bond donors (Lipinski definition) is 1. The molecule has 134 valence electrons. The largest absolute Gasteiger partial charge is 0.356 e. The van der Waals surface area contributed by atoms with Crippen molar-refractivity contribution in [2.24, 2.45) is 0 Å². The second-order valence-electron chi connectivity index (χ2n) is 6.44. The lowest BCUT2D eigenvalue weighted by molar-refractivity contribution is -0.131. The fourth-order valence-corrected chi connectivity index (χ4v) is 3.14. The minimum absolute atomic E-state index is 0.00292. The third-order valence-electron chi connectivity index (χ3n) is 4.56. The highest BCUT2D eigenvalue weighted by Crippen LogP contribution is 2.11. The van der Waals surface area contributed by atoms with Crippen LogP contribution in [-0.2, 0) is 16.0 Å². The molecule has 0 atom stereocenters. The summed E-state index contributed by atoms with van der Waals surface area (Å²) in [4.78, 5) is 25.7. The number of nitrogens with zero attached hydrogens (tertiary/aromatic N) is 4. The Morgan fingerprint density at radius 2 is 2.12 bits per heavy atom. The van der Waals surface area contributed by atoms with Gasteiger partial charge in [-0.2, -0.15) is 0 Å². The molecule has 1 aliphatic rings. The average Bonchev–Trinajstić information content (AvgIpc) is 2.92. The van der Waals surface area contributed by atoms with Gasteiger partial charge in [-0.25, -0.2) is 0 Å². The summed E-state index contributed by atoms with van der Waals surface area (Å²) in [5.41, 5.74) is 0.837. The molecule has 0 aromatic carbocycles. The van der Waals surface area contributed by atoms with Crippen molar-refractivity contribution in [2.45, 2.75) is 44.9 Å². The number of amides is 2. The molecular formula is C18H25N5O2. The lowest BCUT2D eigenvalue weighted by Gasteiger charge is -2.20. The van der Waals surface area contributed by atoms with Gasteiger partial charge in [0, 0.05) is 45.1 Å². The zero-order chi connectivity index (χ0) is 17.5. The van der Waals surface area contributed by atoms with Crippen molar-refractivity contribution in [3.8, 4) is 0 Å². The number of aromatic nitrogens is 3. The molecule has 25 heavy (non-hydrogen) atoms. The van der Waals surface area contributed by atoms with Crippen LogP contribution in [-0.4, -0.2) is 50.9 Å². The maximum absolute atomic E-state index is 12.0. The van der Waals surface area contributed by atoms with E-state index < -0.39 is 0 Å². The summed E-state index contributed by atoms with van der Waals surface area (Å²) >= 11 is 0. The quantitative estimate of drug-likeness (QED) is 0.774. The monoisotopic (exact) mass is 343 g/mol. The van der Waals surface area contributed by atoms with Gasteiger partial charge in [-0.1, -0.05) is 12.5 Å². The van der Waals surface area contributed by atoms with Crippen molar-refractivity contribution < 1.29 is 9.59 Å². The number of rotatable bonds is 7. The fourth-order valence-electron chi connectivity index (χ4n) is 3.14. The Morgan fingerprint density at radius 3 is 3.04 bits per heavy atom. The number of aryl methyl sites for hydroxylation is 1. The van der Waals surface area contributed by atoms with Crippen LogP contribution in [0.25, 0.3) is 5.65 Å². The first-order chi connectivity index (χ1) is 12.2. The molecule has 7 heteroatoms. The van der Waals surface area contributed by atoms with Gasteiger partial charge in [-0.05, 0) is 31.4 Å². The third-order valence-corrected chi connectivity index (χ3v) is 4.56. The Balaban J connectivity index is 1.36. The summed E-state index contributed by atoms with van der Waals surface area (Å²) in [5.74, 6) is 1.09. The first kappa shape index (κ1) is 17.4. The summed E-state index contributed by atoms with van der Waals surface area (Å²) in [6.07, 6.45) is 7.62. The minimum Gasteiger partial charge on any atom is -0.356 e. The molecule has 0 aliphatic carbocycles. The second kappa shape index (κ2) is 8.60. The summed E-state index contributed by atoms with van der Waals surface area (Å²) < 4.78 is 1.97. The first-order valence-electron chi connectivity index (χ1n) is 9.07. The predicted molar refractivity (Wildman–Crippen MR) is 94.0 cm³/mol. The number of carbonyl (C=O) groups excluding carboxylic acids is 2.